The minimum atomic E-state index is 0.499. The highest BCUT2D eigenvalue weighted by Gasteiger charge is 2.19. The second-order valence-electron chi connectivity index (χ2n) is 5.54. The van der Waals surface area contributed by atoms with Crippen LogP contribution in [-0.2, 0) is 0 Å². The van der Waals surface area contributed by atoms with Gasteiger partial charge in [0.05, 0.1) is 10.7 Å². The third-order valence-electron chi connectivity index (χ3n) is 4.15. The number of aromatic nitrogens is 3. The molecule has 1 N–H and O–H groups in total. The lowest BCUT2D eigenvalue weighted by molar-refractivity contribution is 0.657. The van der Waals surface area contributed by atoms with Gasteiger partial charge >= 0.3 is 0 Å². The van der Waals surface area contributed by atoms with Gasteiger partial charge in [-0.05, 0) is 37.8 Å². The maximum atomic E-state index is 4.64. The zero-order valence-corrected chi connectivity index (χ0v) is 12.8. The van der Waals surface area contributed by atoms with Gasteiger partial charge in [-0.3, -0.25) is 0 Å². The second kappa shape index (κ2) is 5.11. The van der Waals surface area contributed by atoms with Crippen molar-refractivity contribution in [3.8, 4) is 11.3 Å². The molecule has 3 aromatic rings. The first kappa shape index (κ1) is 12.8. The molecule has 1 aliphatic carbocycles. The predicted octanol–water partition coefficient (Wildman–Crippen LogP) is 4.82. The second-order valence-corrected chi connectivity index (χ2v) is 6.61. The fourth-order valence-electron chi connectivity index (χ4n) is 3.15. The Hall–Kier alpha value is -1.94. The van der Waals surface area contributed by atoms with E-state index in [0.29, 0.717) is 5.92 Å². The van der Waals surface area contributed by atoms with E-state index in [0.717, 1.165) is 16.3 Å². The molecule has 1 atom stereocenters. The van der Waals surface area contributed by atoms with E-state index in [1.54, 1.807) is 11.3 Å². The Morgan fingerprint density at radius 3 is 3.10 bits per heavy atom. The van der Waals surface area contributed by atoms with Gasteiger partial charge in [0, 0.05) is 34.6 Å². The Morgan fingerprint density at radius 1 is 1.38 bits per heavy atom. The molecule has 0 radical (unpaired) electrons. The van der Waals surface area contributed by atoms with Gasteiger partial charge in [-0.1, -0.05) is 12.2 Å². The summed E-state index contributed by atoms with van der Waals surface area (Å²) in [5.74, 6) is 0.499. The fourth-order valence-corrected chi connectivity index (χ4v) is 3.76. The summed E-state index contributed by atoms with van der Waals surface area (Å²) >= 11 is 1.69. The summed E-state index contributed by atoms with van der Waals surface area (Å²) < 4.78 is 0. The van der Waals surface area contributed by atoms with Gasteiger partial charge in [-0.15, -0.1) is 11.3 Å². The van der Waals surface area contributed by atoms with Gasteiger partial charge in [0.15, 0.2) is 0 Å². The summed E-state index contributed by atoms with van der Waals surface area (Å²) in [7, 11) is 0. The van der Waals surface area contributed by atoms with Gasteiger partial charge < -0.3 is 4.98 Å². The standard InChI is InChI=1S/C17H17N3S/c1-11-20-15(10-21-11)14-9-19-17-16(14)13(7-8-18-17)12-5-3-2-4-6-12/h3,5,7-10,12H,2,4,6H2,1H3,(H,18,19). The number of pyridine rings is 1. The molecule has 0 spiro atoms. The normalized spacial score (nSPS) is 18.4. The Balaban J connectivity index is 1.93. The molecule has 4 rings (SSSR count). The lowest BCUT2D eigenvalue weighted by Gasteiger charge is -2.18. The van der Waals surface area contributed by atoms with Crippen molar-refractivity contribution >= 4 is 22.4 Å². The fraction of sp³-hybridized carbons (Fsp3) is 0.294. The van der Waals surface area contributed by atoms with E-state index in [-0.39, 0.29) is 0 Å². The number of nitrogens with zero attached hydrogens (tertiary/aromatic N) is 2. The molecule has 1 unspecified atom stereocenters. The highest BCUT2D eigenvalue weighted by Crippen LogP contribution is 2.37. The smallest absolute Gasteiger partial charge is 0.138 e. The quantitative estimate of drug-likeness (QED) is 0.689. The van der Waals surface area contributed by atoms with E-state index in [1.165, 1.54) is 35.8 Å². The first-order valence-corrected chi connectivity index (χ1v) is 8.26. The molecule has 0 aromatic carbocycles. The molecule has 0 fully saturated rings. The van der Waals surface area contributed by atoms with Crippen molar-refractivity contribution in [3.05, 3.63) is 46.6 Å². The average molecular weight is 295 g/mol. The summed E-state index contributed by atoms with van der Waals surface area (Å²) in [5.41, 5.74) is 4.57. The minimum Gasteiger partial charge on any atom is -0.345 e. The van der Waals surface area contributed by atoms with Crippen LogP contribution in [0.3, 0.4) is 0 Å². The first-order chi connectivity index (χ1) is 10.3. The summed E-state index contributed by atoms with van der Waals surface area (Å²) in [4.78, 5) is 12.4. The molecule has 3 heterocycles. The van der Waals surface area contributed by atoms with Crippen LogP contribution in [0.2, 0.25) is 0 Å². The SMILES string of the molecule is Cc1nc(-c2c[nH]c3nccc(C4C=CCCC4)c23)cs1. The monoisotopic (exact) mass is 295 g/mol. The molecule has 3 nitrogen and oxygen atoms in total. The van der Waals surface area contributed by atoms with Crippen LogP contribution in [0.15, 0.2) is 36.0 Å². The van der Waals surface area contributed by atoms with Crippen LogP contribution in [-0.4, -0.2) is 15.0 Å². The third-order valence-corrected chi connectivity index (χ3v) is 4.93. The molecule has 21 heavy (non-hydrogen) atoms. The van der Waals surface area contributed by atoms with Gasteiger partial charge in [-0.2, -0.15) is 0 Å². The van der Waals surface area contributed by atoms with Crippen LogP contribution >= 0.6 is 11.3 Å². The number of allylic oxidation sites excluding steroid dienone is 2. The van der Waals surface area contributed by atoms with Crippen molar-refractivity contribution < 1.29 is 0 Å². The minimum absolute atomic E-state index is 0.499. The number of aromatic amines is 1. The van der Waals surface area contributed by atoms with Crippen LogP contribution in [0.5, 0.6) is 0 Å². The highest BCUT2D eigenvalue weighted by atomic mass is 32.1. The number of aryl methyl sites for hydroxylation is 1. The number of rotatable bonds is 2. The van der Waals surface area contributed by atoms with E-state index in [4.69, 9.17) is 0 Å². The van der Waals surface area contributed by atoms with Crippen LogP contribution in [0, 0.1) is 6.92 Å². The van der Waals surface area contributed by atoms with Crippen LogP contribution < -0.4 is 0 Å². The van der Waals surface area contributed by atoms with Gasteiger partial charge in [0.1, 0.15) is 5.65 Å². The lowest BCUT2D eigenvalue weighted by atomic mass is 9.87. The summed E-state index contributed by atoms with van der Waals surface area (Å²) in [5, 5.41) is 4.47. The molecule has 0 aliphatic heterocycles. The van der Waals surface area contributed by atoms with Crippen molar-refractivity contribution in [2.24, 2.45) is 0 Å². The molecular weight excluding hydrogens is 278 g/mol. The maximum absolute atomic E-state index is 4.64. The molecular formula is C17H17N3S. The summed E-state index contributed by atoms with van der Waals surface area (Å²) in [6.07, 6.45) is 12.3. The van der Waals surface area contributed by atoms with Crippen LogP contribution in [0.4, 0.5) is 0 Å². The zero-order valence-electron chi connectivity index (χ0n) is 12.0. The highest BCUT2D eigenvalue weighted by molar-refractivity contribution is 7.09. The van der Waals surface area contributed by atoms with Gasteiger partial charge in [0.2, 0.25) is 0 Å². The number of hydrogen-bond donors (Lipinski definition) is 1. The van der Waals surface area contributed by atoms with Crippen molar-refractivity contribution in [2.45, 2.75) is 32.1 Å². The number of fused-ring (bicyclic) bond motifs is 1. The van der Waals surface area contributed by atoms with Crippen molar-refractivity contribution in [3.63, 3.8) is 0 Å². The maximum Gasteiger partial charge on any atom is 0.138 e. The molecule has 3 aromatic heterocycles. The summed E-state index contributed by atoms with van der Waals surface area (Å²) in [6, 6.07) is 2.17. The van der Waals surface area contributed by atoms with E-state index in [1.807, 2.05) is 19.3 Å². The first-order valence-electron chi connectivity index (χ1n) is 7.38. The van der Waals surface area contributed by atoms with Gasteiger partial charge in [-0.25, -0.2) is 9.97 Å². The predicted molar refractivity (Wildman–Crippen MR) is 87.7 cm³/mol. The average Bonchev–Trinajstić information content (AvgIpc) is 3.13. The third kappa shape index (κ3) is 2.20. The lowest BCUT2D eigenvalue weighted by Crippen LogP contribution is -2.00. The molecule has 0 saturated heterocycles. The van der Waals surface area contributed by atoms with Crippen molar-refractivity contribution in [1.82, 2.24) is 15.0 Å². The van der Waals surface area contributed by atoms with E-state index < -0.39 is 0 Å². The Bertz CT molecular complexity index is 812. The molecule has 0 amide bonds. The summed E-state index contributed by atoms with van der Waals surface area (Å²) in [6.45, 7) is 2.05. The van der Waals surface area contributed by atoms with Crippen LogP contribution in [0.1, 0.15) is 35.8 Å². The van der Waals surface area contributed by atoms with E-state index in [9.17, 15) is 0 Å². The largest absolute Gasteiger partial charge is 0.345 e. The number of nitrogens with one attached hydrogen (secondary N) is 1. The van der Waals surface area contributed by atoms with E-state index >= 15 is 0 Å². The number of hydrogen-bond acceptors (Lipinski definition) is 3. The van der Waals surface area contributed by atoms with Crippen molar-refractivity contribution in [2.75, 3.05) is 0 Å². The molecule has 106 valence electrons. The topological polar surface area (TPSA) is 41.6 Å². The van der Waals surface area contributed by atoms with Gasteiger partial charge in [0.25, 0.3) is 0 Å². The van der Waals surface area contributed by atoms with Crippen LogP contribution in [0.25, 0.3) is 22.3 Å². The molecule has 4 heteroatoms. The molecule has 0 saturated carbocycles. The van der Waals surface area contributed by atoms with E-state index in [2.05, 4.69) is 38.6 Å². The zero-order chi connectivity index (χ0) is 14.2. The Labute approximate surface area is 127 Å². The number of H-pyrrole nitrogens is 1. The number of thiazole rings is 1. The van der Waals surface area contributed by atoms with Crippen molar-refractivity contribution in [1.29, 1.82) is 0 Å². The Kier molecular flexibility index (Phi) is 3.11. The molecule has 0 bridgehead atoms. The Morgan fingerprint density at radius 2 is 2.33 bits per heavy atom. The molecule has 1 aliphatic rings.